The van der Waals surface area contributed by atoms with Gasteiger partial charge in [0.15, 0.2) is 0 Å². The lowest BCUT2D eigenvalue weighted by Crippen LogP contribution is -2.14. The van der Waals surface area contributed by atoms with Gasteiger partial charge in [0, 0.05) is 5.92 Å². The summed E-state index contributed by atoms with van der Waals surface area (Å²) in [6.45, 7) is 1.90. The van der Waals surface area contributed by atoms with E-state index in [-0.39, 0.29) is 11.8 Å². The summed E-state index contributed by atoms with van der Waals surface area (Å²) in [4.78, 5) is 11.4. The Hall–Kier alpha value is -1.45. The first-order valence-corrected chi connectivity index (χ1v) is 4.35. The monoisotopic (exact) mass is 177 g/mol. The molecule has 13 heavy (non-hydrogen) atoms. The Bertz CT molecular complexity index is 333. The van der Waals surface area contributed by atoms with Crippen LogP contribution < -0.4 is 5.32 Å². The van der Waals surface area contributed by atoms with Gasteiger partial charge in [-0.15, -0.1) is 0 Å². The summed E-state index contributed by atoms with van der Waals surface area (Å²) < 4.78 is 0. The number of nitrogens with one attached hydrogen (secondary N) is 1. The second-order valence-corrected chi connectivity index (χ2v) is 3.35. The fraction of sp³-hybridized carbons (Fsp3) is 0.444. The van der Waals surface area contributed by atoms with Gasteiger partial charge in [-0.3, -0.25) is 4.79 Å². The van der Waals surface area contributed by atoms with Gasteiger partial charge in [0.05, 0.1) is 18.1 Å². The lowest BCUT2D eigenvalue weighted by atomic mass is 10.3. The molecule has 1 N–H and O–H groups in total. The molecular formula is C9H11N3O. The van der Waals surface area contributed by atoms with E-state index in [2.05, 4.69) is 15.5 Å². The summed E-state index contributed by atoms with van der Waals surface area (Å²) in [5.74, 6) is 0.337. The van der Waals surface area contributed by atoms with Gasteiger partial charge in [0.2, 0.25) is 5.91 Å². The van der Waals surface area contributed by atoms with Crippen LogP contribution in [0.15, 0.2) is 12.4 Å². The second-order valence-electron chi connectivity index (χ2n) is 3.35. The maximum absolute atomic E-state index is 11.4. The van der Waals surface area contributed by atoms with Crippen molar-refractivity contribution < 1.29 is 4.79 Å². The normalized spacial score (nSPS) is 15.5. The van der Waals surface area contributed by atoms with Crippen LogP contribution in [0.2, 0.25) is 0 Å². The molecule has 0 spiro atoms. The minimum Gasteiger partial charge on any atom is -0.324 e. The maximum Gasteiger partial charge on any atom is 0.227 e. The highest BCUT2D eigenvalue weighted by Crippen LogP contribution is 2.30. The molecule has 1 amide bonds. The predicted octanol–water partition coefficient (Wildman–Crippen LogP) is 1.13. The number of hydrogen-bond donors (Lipinski definition) is 1. The van der Waals surface area contributed by atoms with E-state index in [0.29, 0.717) is 0 Å². The van der Waals surface area contributed by atoms with E-state index in [1.54, 1.807) is 12.4 Å². The van der Waals surface area contributed by atoms with Crippen LogP contribution in [0.25, 0.3) is 0 Å². The number of aryl methyl sites for hydroxylation is 1. The molecule has 1 saturated carbocycles. The quantitative estimate of drug-likeness (QED) is 0.736. The van der Waals surface area contributed by atoms with Gasteiger partial charge in [-0.05, 0) is 25.3 Å². The molecule has 0 atom stereocenters. The van der Waals surface area contributed by atoms with Crippen molar-refractivity contribution in [1.82, 2.24) is 10.2 Å². The molecule has 1 fully saturated rings. The van der Waals surface area contributed by atoms with Gasteiger partial charge in [0.25, 0.3) is 0 Å². The van der Waals surface area contributed by atoms with E-state index in [1.807, 2.05) is 6.92 Å². The highest BCUT2D eigenvalue weighted by Gasteiger charge is 2.29. The first-order valence-electron chi connectivity index (χ1n) is 4.35. The largest absolute Gasteiger partial charge is 0.324 e. The number of carbonyl (C=O) groups is 1. The van der Waals surface area contributed by atoms with E-state index in [9.17, 15) is 4.79 Å². The zero-order valence-electron chi connectivity index (χ0n) is 7.45. The summed E-state index contributed by atoms with van der Waals surface area (Å²) in [5, 5.41) is 10.3. The van der Waals surface area contributed by atoms with Crippen molar-refractivity contribution in [3.8, 4) is 0 Å². The first kappa shape index (κ1) is 8.16. The van der Waals surface area contributed by atoms with Crippen molar-refractivity contribution in [2.45, 2.75) is 19.8 Å². The molecule has 0 saturated heterocycles. The van der Waals surface area contributed by atoms with Gasteiger partial charge in [-0.2, -0.15) is 10.2 Å². The van der Waals surface area contributed by atoms with Gasteiger partial charge in [-0.1, -0.05) is 0 Å². The molecule has 2 rings (SSSR count). The Labute approximate surface area is 76.4 Å². The SMILES string of the molecule is Cc1cnncc1NC(=O)C1CC1. The highest BCUT2D eigenvalue weighted by atomic mass is 16.2. The minimum atomic E-state index is 0.108. The first-order chi connectivity index (χ1) is 6.27. The number of nitrogens with zero attached hydrogens (tertiary/aromatic N) is 2. The summed E-state index contributed by atoms with van der Waals surface area (Å²) >= 11 is 0. The Morgan fingerprint density at radius 1 is 1.46 bits per heavy atom. The molecule has 4 nitrogen and oxygen atoms in total. The zero-order chi connectivity index (χ0) is 9.26. The van der Waals surface area contributed by atoms with Crippen LogP contribution in [-0.4, -0.2) is 16.1 Å². The minimum absolute atomic E-state index is 0.108. The number of amides is 1. The summed E-state index contributed by atoms with van der Waals surface area (Å²) in [6, 6.07) is 0. The van der Waals surface area contributed by atoms with E-state index >= 15 is 0 Å². The Balaban J connectivity index is 2.08. The number of hydrogen-bond acceptors (Lipinski definition) is 3. The van der Waals surface area contributed by atoms with E-state index < -0.39 is 0 Å². The molecular weight excluding hydrogens is 166 g/mol. The number of aromatic nitrogens is 2. The zero-order valence-corrected chi connectivity index (χ0v) is 7.45. The van der Waals surface area contributed by atoms with Crippen molar-refractivity contribution in [3.63, 3.8) is 0 Å². The summed E-state index contributed by atoms with van der Waals surface area (Å²) in [5.41, 5.74) is 1.72. The van der Waals surface area contributed by atoms with Crippen LogP contribution in [0.5, 0.6) is 0 Å². The van der Waals surface area contributed by atoms with Crippen LogP contribution in [0.4, 0.5) is 5.69 Å². The summed E-state index contributed by atoms with van der Waals surface area (Å²) in [7, 11) is 0. The third kappa shape index (κ3) is 1.83. The maximum atomic E-state index is 11.4. The molecule has 1 aromatic heterocycles. The average Bonchev–Trinajstić information content (AvgIpc) is 2.91. The van der Waals surface area contributed by atoms with Crippen LogP contribution in [-0.2, 0) is 4.79 Å². The van der Waals surface area contributed by atoms with E-state index in [1.165, 1.54) is 0 Å². The van der Waals surface area contributed by atoms with E-state index in [4.69, 9.17) is 0 Å². The van der Waals surface area contributed by atoms with Crippen molar-refractivity contribution in [3.05, 3.63) is 18.0 Å². The van der Waals surface area contributed by atoms with Crippen molar-refractivity contribution >= 4 is 11.6 Å². The van der Waals surface area contributed by atoms with Crippen molar-refractivity contribution in [2.75, 3.05) is 5.32 Å². The average molecular weight is 177 g/mol. The Kier molecular flexibility index (Phi) is 1.96. The standard InChI is InChI=1S/C9H11N3O/c1-6-4-10-11-5-8(6)12-9(13)7-2-3-7/h4-5,7H,2-3H2,1H3,(H,10,12,13). The third-order valence-electron chi connectivity index (χ3n) is 2.14. The number of anilines is 1. The Morgan fingerprint density at radius 3 is 2.77 bits per heavy atom. The molecule has 0 radical (unpaired) electrons. The van der Waals surface area contributed by atoms with Gasteiger partial charge in [0.1, 0.15) is 0 Å². The Morgan fingerprint density at radius 2 is 2.15 bits per heavy atom. The molecule has 0 unspecified atom stereocenters. The molecule has 68 valence electrons. The molecule has 1 heterocycles. The molecule has 0 aliphatic heterocycles. The predicted molar refractivity (Wildman–Crippen MR) is 48.1 cm³/mol. The smallest absolute Gasteiger partial charge is 0.227 e. The van der Waals surface area contributed by atoms with Gasteiger partial charge in [-0.25, -0.2) is 0 Å². The van der Waals surface area contributed by atoms with Crippen LogP contribution in [0.1, 0.15) is 18.4 Å². The third-order valence-corrected chi connectivity index (χ3v) is 2.14. The lowest BCUT2D eigenvalue weighted by molar-refractivity contribution is -0.117. The fourth-order valence-electron chi connectivity index (χ4n) is 1.09. The lowest BCUT2D eigenvalue weighted by Gasteiger charge is -2.04. The second kappa shape index (κ2) is 3.12. The number of rotatable bonds is 2. The van der Waals surface area contributed by atoms with Gasteiger partial charge < -0.3 is 5.32 Å². The molecule has 1 aliphatic rings. The van der Waals surface area contributed by atoms with Crippen molar-refractivity contribution in [1.29, 1.82) is 0 Å². The molecule has 1 aromatic rings. The van der Waals surface area contributed by atoms with Crippen LogP contribution >= 0.6 is 0 Å². The molecule has 0 bridgehead atoms. The fourth-order valence-corrected chi connectivity index (χ4v) is 1.09. The molecule has 1 aliphatic carbocycles. The van der Waals surface area contributed by atoms with Crippen molar-refractivity contribution in [2.24, 2.45) is 5.92 Å². The van der Waals surface area contributed by atoms with E-state index in [0.717, 1.165) is 24.1 Å². The summed E-state index contributed by atoms with van der Waals surface area (Å²) in [6.07, 6.45) is 5.25. The highest BCUT2D eigenvalue weighted by molar-refractivity contribution is 5.94. The molecule has 0 aromatic carbocycles. The van der Waals surface area contributed by atoms with Crippen LogP contribution in [0, 0.1) is 12.8 Å². The topological polar surface area (TPSA) is 54.9 Å². The molecule has 4 heteroatoms. The number of carbonyl (C=O) groups excluding carboxylic acids is 1. The van der Waals surface area contributed by atoms with Gasteiger partial charge >= 0.3 is 0 Å². The van der Waals surface area contributed by atoms with Crippen LogP contribution in [0.3, 0.4) is 0 Å².